The van der Waals surface area contributed by atoms with Gasteiger partial charge in [-0.3, -0.25) is 9.13 Å². The molecule has 1 aromatic heterocycles. The fourth-order valence-electron chi connectivity index (χ4n) is 2.45. The number of methoxy groups -OCH3 is 2. The third-order valence-electron chi connectivity index (χ3n) is 3.59. The van der Waals surface area contributed by atoms with Crippen molar-refractivity contribution in [3.05, 3.63) is 39.4 Å². The lowest BCUT2D eigenvalue weighted by Crippen LogP contribution is -2.31. The van der Waals surface area contributed by atoms with Gasteiger partial charge in [0.05, 0.1) is 19.9 Å². The van der Waals surface area contributed by atoms with E-state index in [-0.39, 0.29) is 5.69 Å². The van der Waals surface area contributed by atoms with Crippen LogP contribution in [0.25, 0.3) is 11.3 Å². The predicted octanol–water partition coefficient (Wildman–Crippen LogP) is 3.10. The van der Waals surface area contributed by atoms with Crippen LogP contribution in [0, 0.1) is 4.64 Å². The van der Waals surface area contributed by atoms with Crippen molar-refractivity contribution in [2.75, 3.05) is 14.2 Å². The molecular weight excluding hydrogens is 300 g/mol. The lowest BCUT2D eigenvalue weighted by atomic mass is 10.1. The molecular formula is C16H20N2O3S. The summed E-state index contributed by atoms with van der Waals surface area (Å²) in [6, 6.07) is 7.42. The lowest BCUT2D eigenvalue weighted by molar-refractivity contribution is 0.355. The summed E-state index contributed by atoms with van der Waals surface area (Å²) in [4.78, 5) is 12.5. The number of benzene rings is 1. The van der Waals surface area contributed by atoms with Crippen LogP contribution in [0.3, 0.4) is 0 Å². The Morgan fingerprint density at radius 2 is 1.64 bits per heavy atom. The number of nitrogens with zero attached hydrogens (tertiary/aromatic N) is 2. The van der Waals surface area contributed by atoms with Gasteiger partial charge in [0, 0.05) is 18.7 Å². The molecule has 0 unspecified atom stereocenters. The second-order valence-electron chi connectivity index (χ2n) is 4.71. The van der Waals surface area contributed by atoms with Crippen molar-refractivity contribution < 1.29 is 9.47 Å². The predicted molar refractivity (Wildman–Crippen MR) is 89.4 cm³/mol. The molecule has 0 aliphatic rings. The van der Waals surface area contributed by atoms with E-state index < -0.39 is 0 Å². The van der Waals surface area contributed by atoms with Crippen LogP contribution in [-0.2, 0) is 13.1 Å². The Hall–Kier alpha value is -2.08. The zero-order valence-electron chi connectivity index (χ0n) is 13.3. The van der Waals surface area contributed by atoms with Crippen molar-refractivity contribution in [2.45, 2.75) is 26.9 Å². The molecule has 0 amide bonds. The second-order valence-corrected chi connectivity index (χ2v) is 5.13. The van der Waals surface area contributed by atoms with Crippen LogP contribution in [0.15, 0.2) is 29.1 Å². The van der Waals surface area contributed by atoms with Crippen molar-refractivity contribution in [3.63, 3.8) is 0 Å². The van der Waals surface area contributed by atoms with Gasteiger partial charge in [-0.1, -0.05) is 12.2 Å². The third kappa shape index (κ3) is 2.78. The van der Waals surface area contributed by atoms with Gasteiger partial charge in [0.15, 0.2) is 11.5 Å². The quantitative estimate of drug-likeness (QED) is 0.794. The van der Waals surface area contributed by atoms with Crippen LogP contribution >= 0.6 is 12.2 Å². The van der Waals surface area contributed by atoms with E-state index in [1.54, 1.807) is 23.4 Å². The Kier molecular flexibility index (Phi) is 5.03. The maximum absolute atomic E-state index is 12.5. The van der Waals surface area contributed by atoms with Crippen molar-refractivity contribution in [3.8, 4) is 22.8 Å². The number of hydrogen-bond donors (Lipinski definition) is 0. The first-order valence-corrected chi connectivity index (χ1v) is 7.55. The van der Waals surface area contributed by atoms with Crippen LogP contribution < -0.4 is 15.2 Å². The van der Waals surface area contributed by atoms with E-state index in [9.17, 15) is 4.79 Å². The SMILES string of the molecule is CCn1c(-c2ccc(OC)c(OC)c2)cc(=S)n(CC)c1=O. The number of hydrogen-bond acceptors (Lipinski definition) is 4. The largest absolute Gasteiger partial charge is 0.493 e. The van der Waals surface area contributed by atoms with E-state index in [4.69, 9.17) is 21.7 Å². The molecule has 5 nitrogen and oxygen atoms in total. The van der Waals surface area contributed by atoms with Crippen LogP contribution in [0.1, 0.15) is 13.8 Å². The highest BCUT2D eigenvalue weighted by Crippen LogP contribution is 2.31. The highest BCUT2D eigenvalue weighted by atomic mass is 32.1. The first-order chi connectivity index (χ1) is 10.6. The van der Waals surface area contributed by atoms with E-state index in [1.807, 2.05) is 38.1 Å². The lowest BCUT2D eigenvalue weighted by Gasteiger charge is -2.15. The zero-order chi connectivity index (χ0) is 16.3. The van der Waals surface area contributed by atoms with Gasteiger partial charge in [-0.15, -0.1) is 0 Å². The van der Waals surface area contributed by atoms with Gasteiger partial charge in [-0.25, -0.2) is 4.79 Å². The molecule has 1 heterocycles. The first-order valence-electron chi connectivity index (χ1n) is 7.14. The van der Waals surface area contributed by atoms with Crippen LogP contribution in [0.5, 0.6) is 11.5 Å². The molecule has 2 rings (SSSR count). The first kappa shape index (κ1) is 16.3. The standard InChI is InChI=1S/C16H20N2O3S/c1-5-17-12(10-15(22)18(6-2)16(17)19)11-7-8-13(20-3)14(9-11)21-4/h7-10H,5-6H2,1-4H3. The molecule has 2 aromatic rings. The Balaban J connectivity index is 2.72. The van der Waals surface area contributed by atoms with Crippen LogP contribution in [0.2, 0.25) is 0 Å². The number of aromatic nitrogens is 2. The maximum Gasteiger partial charge on any atom is 0.329 e. The van der Waals surface area contributed by atoms with Gasteiger partial charge in [0.25, 0.3) is 0 Å². The van der Waals surface area contributed by atoms with E-state index in [1.165, 1.54) is 0 Å². The molecule has 118 valence electrons. The summed E-state index contributed by atoms with van der Waals surface area (Å²) < 4.78 is 14.4. The molecule has 0 aliphatic heterocycles. The fraction of sp³-hybridized carbons (Fsp3) is 0.375. The zero-order valence-corrected chi connectivity index (χ0v) is 14.1. The maximum atomic E-state index is 12.5. The number of ether oxygens (including phenoxy) is 2. The molecule has 0 radical (unpaired) electrons. The molecule has 0 N–H and O–H groups in total. The molecule has 22 heavy (non-hydrogen) atoms. The van der Waals surface area contributed by atoms with E-state index >= 15 is 0 Å². The van der Waals surface area contributed by atoms with Gasteiger partial charge in [0.1, 0.15) is 4.64 Å². The average Bonchev–Trinajstić information content (AvgIpc) is 2.54. The van der Waals surface area contributed by atoms with Crippen LogP contribution in [-0.4, -0.2) is 23.4 Å². The molecule has 0 bridgehead atoms. The second kappa shape index (κ2) is 6.79. The third-order valence-corrected chi connectivity index (χ3v) is 3.93. The van der Waals surface area contributed by atoms with Crippen molar-refractivity contribution in [2.24, 2.45) is 0 Å². The van der Waals surface area contributed by atoms with Gasteiger partial charge in [-0.2, -0.15) is 0 Å². The summed E-state index contributed by atoms with van der Waals surface area (Å²) in [5.74, 6) is 1.27. The van der Waals surface area contributed by atoms with E-state index in [0.717, 1.165) is 11.3 Å². The molecule has 1 aromatic carbocycles. The van der Waals surface area contributed by atoms with Crippen LogP contribution in [0.4, 0.5) is 0 Å². The summed E-state index contributed by atoms with van der Waals surface area (Å²) in [6.07, 6.45) is 0. The molecule has 0 saturated carbocycles. The van der Waals surface area contributed by atoms with Gasteiger partial charge >= 0.3 is 5.69 Å². The molecule has 0 aliphatic carbocycles. The topological polar surface area (TPSA) is 45.4 Å². The Labute approximate surface area is 134 Å². The van der Waals surface area contributed by atoms with Crippen molar-refractivity contribution in [1.29, 1.82) is 0 Å². The summed E-state index contributed by atoms with van der Waals surface area (Å²) in [5, 5.41) is 0. The van der Waals surface area contributed by atoms with Gasteiger partial charge in [-0.05, 0) is 38.1 Å². The highest BCUT2D eigenvalue weighted by Gasteiger charge is 2.12. The number of rotatable bonds is 5. The molecule has 0 atom stereocenters. The summed E-state index contributed by atoms with van der Waals surface area (Å²) in [5.41, 5.74) is 1.55. The summed E-state index contributed by atoms with van der Waals surface area (Å²) >= 11 is 5.34. The smallest absolute Gasteiger partial charge is 0.329 e. The Morgan fingerprint density at radius 3 is 2.18 bits per heavy atom. The highest BCUT2D eigenvalue weighted by molar-refractivity contribution is 7.71. The minimum Gasteiger partial charge on any atom is -0.493 e. The summed E-state index contributed by atoms with van der Waals surface area (Å²) in [7, 11) is 3.18. The molecule has 0 fully saturated rings. The summed E-state index contributed by atoms with van der Waals surface area (Å²) in [6.45, 7) is 4.98. The normalized spacial score (nSPS) is 10.5. The Bertz CT molecular complexity index is 793. The van der Waals surface area contributed by atoms with E-state index in [2.05, 4.69) is 0 Å². The monoisotopic (exact) mass is 320 g/mol. The minimum atomic E-state index is -0.0951. The molecule has 0 spiro atoms. The van der Waals surface area contributed by atoms with Gasteiger partial charge < -0.3 is 9.47 Å². The Morgan fingerprint density at radius 1 is 1.00 bits per heavy atom. The van der Waals surface area contributed by atoms with Crippen molar-refractivity contribution in [1.82, 2.24) is 9.13 Å². The van der Waals surface area contributed by atoms with Crippen molar-refractivity contribution >= 4 is 12.2 Å². The molecule has 6 heteroatoms. The van der Waals surface area contributed by atoms with Gasteiger partial charge in [0.2, 0.25) is 0 Å². The van der Waals surface area contributed by atoms with E-state index in [0.29, 0.717) is 29.2 Å². The molecule has 0 saturated heterocycles. The fourth-order valence-corrected chi connectivity index (χ4v) is 2.77. The average molecular weight is 320 g/mol. The minimum absolute atomic E-state index is 0.0951.